The third-order valence-electron chi connectivity index (χ3n) is 0.408. The van der Waals surface area contributed by atoms with Crippen molar-refractivity contribution in [3.63, 3.8) is 0 Å². The Morgan fingerprint density at radius 3 is 2.00 bits per heavy atom. The Morgan fingerprint density at radius 2 is 2.00 bits per heavy atom. The van der Waals surface area contributed by atoms with Gasteiger partial charge in [-0.3, -0.25) is 0 Å². The van der Waals surface area contributed by atoms with Gasteiger partial charge < -0.3 is 33.1 Å². The zero-order valence-corrected chi connectivity index (χ0v) is 6.73. The summed E-state index contributed by atoms with van der Waals surface area (Å²) in [6, 6.07) is 0. The Labute approximate surface area is 66.4 Å². The number of carboxylic acids is 1. The third-order valence-corrected chi connectivity index (χ3v) is 0.408. The number of quaternary nitrogens is 1. The van der Waals surface area contributed by atoms with E-state index in [1.54, 1.807) is 0 Å². The second-order valence-corrected chi connectivity index (χ2v) is 1.42. The number of carbonyl (C=O) groups excluding carboxylic acids is 1. The molecule has 0 aromatic heterocycles. The van der Waals surface area contributed by atoms with Crippen LogP contribution in [0.1, 0.15) is 13.3 Å². The molecule has 4 nitrogen and oxygen atoms in total. The lowest BCUT2D eigenvalue weighted by molar-refractivity contribution is -0.369. The van der Waals surface area contributed by atoms with Crippen LogP contribution in [0, 0.1) is 0 Å². The summed E-state index contributed by atoms with van der Waals surface area (Å²) in [4.78, 5) is 8.89. The highest BCUT2D eigenvalue weighted by Crippen LogP contribution is 1.60. The molecule has 0 unspecified atom stereocenters. The number of aliphatic hydroxyl groups is 1. The fraction of sp³-hybridized carbons (Fsp3) is 0.800. The molecular weight excluding hydrogens is 158 g/mol. The van der Waals surface area contributed by atoms with Gasteiger partial charge in [0.15, 0.2) is 0 Å². The summed E-state index contributed by atoms with van der Waals surface area (Å²) in [6.45, 7) is 2.10. The van der Waals surface area contributed by atoms with Crippen LogP contribution in [0.15, 0.2) is 0 Å². The van der Waals surface area contributed by atoms with E-state index >= 15 is 0 Å². The first-order chi connectivity index (χ1) is 4.15. The van der Waals surface area contributed by atoms with E-state index in [0.29, 0.717) is 0 Å². The number of carbonyl (C=O) groups is 1. The molecule has 0 radical (unpaired) electrons. The van der Waals surface area contributed by atoms with Gasteiger partial charge in [0.2, 0.25) is 0 Å². The van der Waals surface area contributed by atoms with Crippen LogP contribution in [-0.2, 0) is 4.79 Å². The summed E-state index contributed by atoms with van der Waals surface area (Å²) in [5.74, 6) is -1.08. The normalized spacial score (nSPS) is 6.70. The third kappa shape index (κ3) is 121. The van der Waals surface area contributed by atoms with Crippen LogP contribution in [0.25, 0.3) is 0 Å². The summed E-state index contributed by atoms with van der Waals surface area (Å²) in [5.41, 5.74) is 3.52. The predicted molar refractivity (Wildman–Crippen MR) is 30.1 cm³/mol. The number of carboxylic acid groups (broad SMARTS) is 1. The monoisotopic (exact) mass is 170 g/mol. The maximum atomic E-state index is 8.89. The van der Waals surface area contributed by atoms with Crippen LogP contribution in [0.4, 0.5) is 0 Å². The van der Waals surface area contributed by atoms with Crippen LogP contribution >= 0.6 is 0 Å². The number of hydrogen-bond acceptors (Lipinski definition) is 3. The van der Waals surface area contributed by atoms with Crippen molar-refractivity contribution in [1.29, 1.82) is 0 Å². The van der Waals surface area contributed by atoms with Gasteiger partial charge >= 0.3 is 0 Å². The molecule has 0 rings (SSSR count). The summed E-state index contributed by atoms with van der Waals surface area (Å²) < 4.78 is 0. The first kappa shape index (κ1) is 16.3. The fourth-order valence-electron chi connectivity index (χ4n) is 0.112. The first-order valence-electron chi connectivity index (χ1n) is 2.72. The highest BCUT2D eigenvalue weighted by Gasteiger charge is 1.72. The molecule has 10 heavy (non-hydrogen) atoms. The number of aliphatic hydroxyl groups excluding tert-OH is 1. The van der Waals surface area contributed by atoms with E-state index in [2.05, 4.69) is 5.73 Å². The Kier molecular flexibility index (Phi) is 25.9. The molecule has 0 saturated heterocycles. The summed E-state index contributed by atoms with van der Waals surface area (Å²) in [6.07, 6.45) is 0.833. The maximum absolute atomic E-state index is 8.89. The molecule has 0 atom stereocenters. The lowest BCUT2D eigenvalue weighted by atomic mass is 10.5. The topological polar surface area (TPSA) is 88.0 Å². The van der Waals surface area contributed by atoms with E-state index in [1.165, 1.54) is 0 Å². The quantitative estimate of drug-likeness (QED) is 0.433. The van der Waals surface area contributed by atoms with Crippen molar-refractivity contribution in [2.24, 2.45) is 0 Å². The average molecular weight is 171 g/mol. The molecule has 0 aliphatic heterocycles. The van der Waals surface area contributed by atoms with E-state index < -0.39 is 5.97 Å². The Morgan fingerprint density at radius 1 is 1.70 bits per heavy atom. The fourth-order valence-corrected chi connectivity index (χ4v) is 0.112. The molecule has 0 amide bonds. The molecule has 0 aliphatic rings. The summed E-state index contributed by atoms with van der Waals surface area (Å²) in [5, 5.41) is 16.9. The van der Waals surface area contributed by atoms with Crippen molar-refractivity contribution in [3.05, 3.63) is 0 Å². The standard InChI is InChI=1S/C3H9NO.C2H4O2.ClH/c4-2-1-3-5;1-2(3)4;/h5H,1-4H2;1H3,(H,3,4);1H/p-1. The molecule has 64 valence electrons. The lowest BCUT2D eigenvalue weighted by Gasteiger charge is -1.77. The van der Waals surface area contributed by atoms with Gasteiger partial charge in [-0.1, -0.05) is 0 Å². The van der Waals surface area contributed by atoms with Gasteiger partial charge in [0.05, 0.1) is 6.54 Å². The zero-order valence-electron chi connectivity index (χ0n) is 5.97. The van der Waals surface area contributed by atoms with E-state index in [1.807, 2.05) is 0 Å². The molecule has 0 bridgehead atoms. The number of hydrogen-bond donors (Lipinski definition) is 2. The second kappa shape index (κ2) is 15.9. The minimum Gasteiger partial charge on any atom is -1.00 e. The number of halogens is 1. The van der Waals surface area contributed by atoms with E-state index in [-0.39, 0.29) is 19.0 Å². The van der Waals surface area contributed by atoms with Crippen molar-refractivity contribution < 1.29 is 33.1 Å². The molecule has 0 aliphatic carbocycles. The van der Waals surface area contributed by atoms with E-state index in [4.69, 9.17) is 15.0 Å². The van der Waals surface area contributed by atoms with Crippen LogP contribution < -0.4 is 23.2 Å². The van der Waals surface area contributed by atoms with E-state index in [0.717, 1.165) is 19.9 Å². The van der Waals surface area contributed by atoms with Gasteiger partial charge in [0, 0.05) is 19.0 Å². The summed E-state index contributed by atoms with van der Waals surface area (Å²) >= 11 is 0. The largest absolute Gasteiger partial charge is 1.00 e. The SMILES string of the molecule is CC(=O)[O-].[Cl-].[NH3+]CCCO. The van der Waals surface area contributed by atoms with Crippen LogP contribution in [-0.4, -0.2) is 24.2 Å². The predicted octanol–water partition coefficient (Wildman–Crippen LogP) is -5.63. The van der Waals surface area contributed by atoms with Gasteiger partial charge in [-0.05, 0) is 6.92 Å². The summed E-state index contributed by atoms with van der Waals surface area (Å²) in [7, 11) is 0. The molecule has 0 aromatic carbocycles. The smallest absolute Gasteiger partial charge is 0.0762 e. The van der Waals surface area contributed by atoms with Gasteiger partial charge in [-0.2, -0.15) is 0 Å². The van der Waals surface area contributed by atoms with Crippen molar-refractivity contribution in [2.75, 3.05) is 13.2 Å². The molecule has 0 aromatic rings. The number of aliphatic carboxylic acids is 1. The van der Waals surface area contributed by atoms with Crippen molar-refractivity contribution in [2.45, 2.75) is 13.3 Å². The van der Waals surface area contributed by atoms with E-state index in [9.17, 15) is 0 Å². The molecule has 5 heteroatoms. The first-order valence-corrected chi connectivity index (χ1v) is 2.72. The van der Waals surface area contributed by atoms with Crippen molar-refractivity contribution in [3.8, 4) is 0 Å². The Bertz CT molecular complexity index is 63.9. The minimum atomic E-state index is -1.08. The Hall–Kier alpha value is -0.320. The molecule has 0 spiro atoms. The molecule has 0 heterocycles. The highest BCUT2D eigenvalue weighted by atomic mass is 35.5. The van der Waals surface area contributed by atoms with Crippen LogP contribution in [0.2, 0.25) is 0 Å². The van der Waals surface area contributed by atoms with Gasteiger partial charge in [-0.15, -0.1) is 0 Å². The molecule has 4 N–H and O–H groups in total. The van der Waals surface area contributed by atoms with Crippen molar-refractivity contribution in [1.82, 2.24) is 0 Å². The van der Waals surface area contributed by atoms with Gasteiger partial charge in [-0.25, -0.2) is 0 Å². The Balaban J connectivity index is -0.0000000910. The minimum absolute atomic E-state index is 0. The maximum Gasteiger partial charge on any atom is 0.0762 e. The van der Waals surface area contributed by atoms with Gasteiger partial charge in [0.1, 0.15) is 0 Å². The van der Waals surface area contributed by atoms with Crippen LogP contribution in [0.3, 0.4) is 0 Å². The zero-order chi connectivity index (χ0) is 7.70. The number of rotatable bonds is 2. The molecule has 0 fully saturated rings. The molecular formula is C5H13ClNO3-. The van der Waals surface area contributed by atoms with Crippen LogP contribution in [0.5, 0.6) is 0 Å². The van der Waals surface area contributed by atoms with Crippen molar-refractivity contribution >= 4 is 5.97 Å². The van der Waals surface area contributed by atoms with Gasteiger partial charge in [0.25, 0.3) is 0 Å². The lowest BCUT2D eigenvalue weighted by Crippen LogP contribution is -3.00. The molecule has 0 saturated carbocycles. The average Bonchev–Trinajstić information content (AvgIpc) is 1.66. The second-order valence-electron chi connectivity index (χ2n) is 1.42. The highest BCUT2D eigenvalue weighted by molar-refractivity contribution is 5.60.